The minimum Gasteiger partial charge on any atom is -0.411 e. The molecule has 0 radical (unpaired) electrons. The minimum atomic E-state index is -0.499. The van der Waals surface area contributed by atoms with Gasteiger partial charge in [0.15, 0.2) is 5.78 Å². The van der Waals surface area contributed by atoms with Gasteiger partial charge in [0, 0.05) is 16.7 Å². The van der Waals surface area contributed by atoms with Gasteiger partial charge in [-0.2, -0.15) is 0 Å². The number of fused-ring (bicyclic) bond motifs is 7. The number of nitrogens with two attached hydrogens (primary N) is 1. The molecule has 5 aliphatic carbocycles. The van der Waals surface area contributed by atoms with Crippen LogP contribution >= 0.6 is 0 Å². The number of nitrogens with zero attached hydrogens (tertiary/aromatic N) is 1. The monoisotopic (exact) mass is 482 g/mol. The molecule has 35 heavy (non-hydrogen) atoms. The van der Waals surface area contributed by atoms with Crippen LogP contribution in [0, 0.1) is 50.2 Å². The first-order valence-electron chi connectivity index (χ1n) is 13.9. The van der Waals surface area contributed by atoms with Crippen LogP contribution in [0.1, 0.15) is 106 Å². The van der Waals surface area contributed by atoms with Gasteiger partial charge >= 0.3 is 0 Å². The zero-order valence-electron chi connectivity index (χ0n) is 23.0. The highest BCUT2D eigenvalue weighted by atomic mass is 16.4. The number of rotatable bonds is 1. The zero-order chi connectivity index (χ0) is 25.8. The van der Waals surface area contributed by atoms with Crippen molar-refractivity contribution in [2.24, 2.45) is 61.1 Å². The molecule has 194 valence electrons. The van der Waals surface area contributed by atoms with Crippen LogP contribution in [-0.4, -0.2) is 22.6 Å². The second-order valence-electron chi connectivity index (χ2n) is 14.9. The fraction of sp³-hybridized carbons (Fsp3) is 0.833. The van der Waals surface area contributed by atoms with Gasteiger partial charge in [0.25, 0.3) is 0 Å². The molecule has 1 amide bonds. The van der Waals surface area contributed by atoms with E-state index in [1.165, 1.54) is 5.57 Å². The Morgan fingerprint density at radius 2 is 1.66 bits per heavy atom. The first kappa shape index (κ1) is 25.0. The van der Waals surface area contributed by atoms with Gasteiger partial charge in [-0.1, -0.05) is 59.2 Å². The number of carbonyl (C=O) groups is 2. The Hall–Kier alpha value is -1.65. The van der Waals surface area contributed by atoms with Crippen LogP contribution in [0.4, 0.5) is 0 Å². The van der Waals surface area contributed by atoms with Crippen molar-refractivity contribution in [3.63, 3.8) is 0 Å². The number of primary amides is 1. The number of hydrogen-bond donors (Lipinski definition) is 2. The third-order valence-electron chi connectivity index (χ3n) is 13.1. The Kier molecular flexibility index (Phi) is 5.16. The summed E-state index contributed by atoms with van der Waals surface area (Å²) in [5.74, 6) is 0.616. The molecule has 0 aliphatic heterocycles. The Morgan fingerprint density at radius 3 is 2.29 bits per heavy atom. The SMILES string of the molecule is CC1(C)/C(=N/O)CC[C@]2(C)[C@H]3C(=O)C=C4[C@H]5C[C@@](C)(C(N)=O)CC[C@]5(C)CC[C@@]4(C)[C@]3(C)CC[C@@H]12. The predicted molar refractivity (Wildman–Crippen MR) is 138 cm³/mol. The standard InChI is InChI=1S/C30H46N2O3/c1-25(2)21-8-11-30(7)23(28(21,5)10-9-22(25)32-35)20(33)16-18-19-17-27(4,24(31)34)13-12-26(19,3)14-15-29(18,30)6/h16,19,21,23,35H,8-15,17H2,1-7H3,(H2,31,34)/b32-22+/t19-,21+,23-,26-,27+,28+,29-,30-/m1/s1. The number of oxime groups is 1. The van der Waals surface area contributed by atoms with E-state index in [0.717, 1.165) is 63.5 Å². The number of hydrogen-bond acceptors (Lipinski definition) is 4. The molecule has 0 spiro atoms. The van der Waals surface area contributed by atoms with Crippen molar-refractivity contribution in [3.05, 3.63) is 11.6 Å². The Balaban J connectivity index is 1.62. The molecular formula is C30H46N2O3. The van der Waals surface area contributed by atoms with E-state index < -0.39 is 5.41 Å². The van der Waals surface area contributed by atoms with Crippen LogP contribution in [0.5, 0.6) is 0 Å². The predicted octanol–water partition coefficient (Wildman–Crippen LogP) is 6.28. The summed E-state index contributed by atoms with van der Waals surface area (Å²) in [6.45, 7) is 16.0. The second kappa shape index (κ2) is 7.22. The van der Waals surface area contributed by atoms with E-state index in [2.05, 4.69) is 52.8 Å². The molecule has 0 aromatic heterocycles. The molecule has 5 heteroatoms. The molecule has 0 bridgehead atoms. The molecule has 5 nitrogen and oxygen atoms in total. The van der Waals surface area contributed by atoms with Gasteiger partial charge in [-0.25, -0.2) is 0 Å². The lowest BCUT2D eigenvalue weighted by molar-refractivity contribution is -0.174. The van der Waals surface area contributed by atoms with E-state index in [9.17, 15) is 14.8 Å². The van der Waals surface area contributed by atoms with Crippen molar-refractivity contribution in [3.8, 4) is 0 Å². The fourth-order valence-electron chi connectivity index (χ4n) is 10.4. The topological polar surface area (TPSA) is 92.8 Å². The summed E-state index contributed by atoms with van der Waals surface area (Å²) in [5, 5.41) is 13.4. The largest absolute Gasteiger partial charge is 0.411 e. The molecule has 8 atom stereocenters. The number of amides is 1. The normalized spacial score (nSPS) is 52.0. The Bertz CT molecular complexity index is 1040. The van der Waals surface area contributed by atoms with Gasteiger partial charge in [0.1, 0.15) is 0 Å². The highest BCUT2D eigenvalue weighted by Crippen LogP contribution is 2.74. The van der Waals surface area contributed by atoms with Crippen molar-refractivity contribution < 1.29 is 14.8 Å². The highest BCUT2D eigenvalue weighted by molar-refractivity contribution is 5.97. The molecule has 5 aliphatic rings. The molecule has 0 unspecified atom stereocenters. The maximum Gasteiger partial charge on any atom is 0.223 e. The molecule has 5 rings (SSSR count). The lowest BCUT2D eigenvalue weighted by Crippen LogP contribution is -2.66. The first-order valence-corrected chi connectivity index (χ1v) is 13.9. The Morgan fingerprint density at radius 1 is 1.00 bits per heavy atom. The molecule has 0 aromatic rings. The summed E-state index contributed by atoms with van der Waals surface area (Å²) in [4.78, 5) is 26.7. The van der Waals surface area contributed by atoms with Crippen molar-refractivity contribution >= 4 is 17.4 Å². The van der Waals surface area contributed by atoms with Crippen LogP contribution in [0.3, 0.4) is 0 Å². The van der Waals surface area contributed by atoms with Gasteiger partial charge in [0.2, 0.25) is 5.91 Å². The highest BCUT2D eigenvalue weighted by Gasteiger charge is 2.70. The fourth-order valence-corrected chi connectivity index (χ4v) is 10.4. The van der Waals surface area contributed by atoms with E-state index in [-0.39, 0.29) is 44.8 Å². The minimum absolute atomic E-state index is 0.0301. The first-order chi connectivity index (χ1) is 16.1. The van der Waals surface area contributed by atoms with Crippen LogP contribution < -0.4 is 5.73 Å². The van der Waals surface area contributed by atoms with E-state index in [0.29, 0.717) is 11.7 Å². The number of carbonyl (C=O) groups excluding carboxylic acids is 2. The molecule has 0 aromatic carbocycles. The third kappa shape index (κ3) is 2.96. The van der Waals surface area contributed by atoms with Crippen LogP contribution in [-0.2, 0) is 9.59 Å². The summed E-state index contributed by atoms with van der Waals surface area (Å²) < 4.78 is 0. The van der Waals surface area contributed by atoms with Gasteiger partial charge in [-0.3, -0.25) is 9.59 Å². The summed E-state index contributed by atoms with van der Waals surface area (Å²) in [6, 6.07) is 0. The van der Waals surface area contributed by atoms with E-state index in [1.54, 1.807) is 0 Å². The van der Waals surface area contributed by atoms with Crippen LogP contribution in [0.25, 0.3) is 0 Å². The van der Waals surface area contributed by atoms with Crippen molar-refractivity contribution in [2.45, 2.75) is 106 Å². The van der Waals surface area contributed by atoms with E-state index in [1.807, 2.05) is 6.92 Å². The second-order valence-corrected chi connectivity index (χ2v) is 14.9. The van der Waals surface area contributed by atoms with Crippen LogP contribution in [0.2, 0.25) is 0 Å². The summed E-state index contributed by atoms with van der Waals surface area (Å²) in [7, 11) is 0. The quantitative estimate of drug-likeness (QED) is 0.340. The zero-order valence-corrected chi connectivity index (χ0v) is 23.0. The lowest BCUT2D eigenvalue weighted by atomic mass is 9.33. The van der Waals surface area contributed by atoms with Gasteiger partial charge in [-0.05, 0) is 97.4 Å². The van der Waals surface area contributed by atoms with Gasteiger partial charge < -0.3 is 10.9 Å². The Labute approximate surface area is 211 Å². The lowest BCUT2D eigenvalue weighted by Gasteiger charge is -2.70. The van der Waals surface area contributed by atoms with Crippen molar-refractivity contribution in [1.82, 2.24) is 0 Å². The summed E-state index contributed by atoms with van der Waals surface area (Å²) in [5.41, 5.74) is 7.22. The third-order valence-corrected chi connectivity index (χ3v) is 13.1. The molecule has 4 saturated carbocycles. The molecule has 3 N–H and O–H groups in total. The molecule has 4 fully saturated rings. The van der Waals surface area contributed by atoms with E-state index in [4.69, 9.17) is 5.73 Å². The number of ketones is 1. The van der Waals surface area contributed by atoms with Gasteiger partial charge in [0.05, 0.1) is 5.71 Å². The smallest absolute Gasteiger partial charge is 0.223 e. The average Bonchev–Trinajstić information content (AvgIpc) is 2.76. The average molecular weight is 483 g/mol. The van der Waals surface area contributed by atoms with Crippen molar-refractivity contribution in [2.75, 3.05) is 0 Å². The van der Waals surface area contributed by atoms with Crippen LogP contribution in [0.15, 0.2) is 16.8 Å². The maximum absolute atomic E-state index is 14.3. The maximum atomic E-state index is 14.3. The summed E-state index contributed by atoms with van der Waals surface area (Å²) >= 11 is 0. The van der Waals surface area contributed by atoms with Crippen molar-refractivity contribution in [1.29, 1.82) is 0 Å². The van der Waals surface area contributed by atoms with Gasteiger partial charge in [-0.15, -0.1) is 0 Å². The molecule has 0 saturated heterocycles. The summed E-state index contributed by atoms with van der Waals surface area (Å²) in [6.07, 6.45) is 10.6. The molecular weight excluding hydrogens is 436 g/mol. The number of allylic oxidation sites excluding steroid dienone is 2. The van der Waals surface area contributed by atoms with E-state index >= 15 is 0 Å². The molecule has 0 heterocycles.